The molecule has 0 fully saturated rings. The van der Waals surface area contributed by atoms with E-state index in [-0.39, 0.29) is 6.54 Å². The largest absolute Gasteiger partial charge is 0.399 e. The second kappa shape index (κ2) is 5.87. The van der Waals surface area contributed by atoms with Gasteiger partial charge in [-0.05, 0) is 17.7 Å². The minimum Gasteiger partial charge on any atom is -0.399 e. The van der Waals surface area contributed by atoms with E-state index in [0.29, 0.717) is 11.3 Å². The number of aliphatic hydroxyl groups excluding tert-OH is 1. The molecule has 1 aromatic rings. The second-order valence-corrected chi connectivity index (χ2v) is 8.50. The first kappa shape index (κ1) is 15.9. The number of aliphatic hydroxyl groups is 1. The Morgan fingerprint density at radius 1 is 1.21 bits per heavy atom. The molecule has 0 spiro atoms. The van der Waals surface area contributed by atoms with Crippen molar-refractivity contribution in [3.05, 3.63) is 29.8 Å². The van der Waals surface area contributed by atoms with Crippen LogP contribution >= 0.6 is 0 Å². The van der Waals surface area contributed by atoms with Crippen molar-refractivity contribution < 1.29 is 21.9 Å². The summed E-state index contributed by atoms with van der Waals surface area (Å²) in [6.45, 7) is -0.304. The summed E-state index contributed by atoms with van der Waals surface area (Å²) in [5, 5.41) is 8.75. The summed E-state index contributed by atoms with van der Waals surface area (Å²) >= 11 is 0. The Balaban J connectivity index is 2.64. The van der Waals surface area contributed by atoms with Crippen LogP contribution in [0.2, 0.25) is 0 Å². The molecular formula is C10H16N2O5S2. The number of sulfone groups is 1. The minimum absolute atomic E-state index is 0.304. The Morgan fingerprint density at radius 3 is 2.21 bits per heavy atom. The van der Waals surface area contributed by atoms with Gasteiger partial charge in [-0.3, -0.25) is 0 Å². The molecule has 1 aromatic carbocycles. The number of rotatable bonds is 6. The maximum atomic E-state index is 11.4. The Bertz CT molecular complexity index is 622. The van der Waals surface area contributed by atoms with Crippen LogP contribution in [-0.2, 0) is 19.9 Å². The standard InChI is InChI=1S/C10H16N2O5S2/c1-18(14,15)7-19(16,17)12-6-10(13)8-2-4-9(11)5-3-8/h2-5,10,12-13H,6-7,11H2,1H3. The van der Waals surface area contributed by atoms with E-state index < -0.39 is 31.0 Å². The van der Waals surface area contributed by atoms with Gasteiger partial charge in [0.15, 0.2) is 14.9 Å². The number of hydrogen-bond donors (Lipinski definition) is 3. The highest BCUT2D eigenvalue weighted by Crippen LogP contribution is 2.14. The lowest BCUT2D eigenvalue weighted by molar-refractivity contribution is 0.182. The number of sulfonamides is 1. The Morgan fingerprint density at radius 2 is 1.74 bits per heavy atom. The molecule has 0 saturated heterocycles. The van der Waals surface area contributed by atoms with Gasteiger partial charge in [-0.1, -0.05) is 12.1 Å². The quantitative estimate of drug-likeness (QED) is 0.592. The molecule has 108 valence electrons. The highest BCUT2D eigenvalue weighted by atomic mass is 32.3. The van der Waals surface area contributed by atoms with E-state index in [2.05, 4.69) is 0 Å². The fraction of sp³-hybridized carbons (Fsp3) is 0.400. The molecule has 1 rings (SSSR count). The fourth-order valence-corrected chi connectivity index (χ4v) is 4.37. The minimum atomic E-state index is -3.97. The molecule has 0 aromatic heterocycles. The Labute approximate surface area is 112 Å². The summed E-state index contributed by atoms with van der Waals surface area (Å²) in [5.41, 5.74) is 6.48. The average Bonchev–Trinajstić information content (AvgIpc) is 2.24. The van der Waals surface area contributed by atoms with E-state index >= 15 is 0 Å². The maximum absolute atomic E-state index is 11.4. The molecule has 7 nitrogen and oxygen atoms in total. The van der Waals surface area contributed by atoms with Crippen molar-refractivity contribution in [2.45, 2.75) is 6.10 Å². The third kappa shape index (κ3) is 6.01. The summed E-state index contributed by atoms with van der Waals surface area (Å²) < 4.78 is 46.7. The van der Waals surface area contributed by atoms with Crippen LogP contribution in [0.4, 0.5) is 5.69 Å². The van der Waals surface area contributed by atoms with Crippen molar-refractivity contribution in [1.82, 2.24) is 4.72 Å². The maximum Gasteiger partial charge on any atom is 0.226 e. The first-order valence-corrected chi connectivity index (χ1v) is 8.99. The summed E-state index contributed by atoms with van der Waals surface area (Å²) in [6.07, 6.45) is -0.252. The fourth-order valence-electron chi connectivity index (χ4n) is 1.37. The van der Waals surface area contributed by atoms with Crippen molar-refractivity contribution in [2.75, 3.05) is 23.6 Å². The van der Waals surface area contributed by atoms with Crippen LogP contribution in [0.1, 0.15) is 11.7 Å². The molecule has 1 unspecified atom stereocenters. The van der Waals surface area contributed by atoms with E-state index in [1.807, 2.05) is 4.72 Å². The van der Waals surface area contributed by atoms with Gasteiger partial charge in [0.05, 0.1) is 6.10 Å². The van der Waals surface area contributed by atoms with E-state index in [1.54, 1.807) is 24.3 Å². The van der Waals surface area contributed by atoms with E-state index in [0.717, 1.165) is 6.26 Å². The molecule has 9 heteroatoms. The van der Waals surface area contributed by atoms with Gasteiger partial charge in [0.25, 0.3) is 0 Å². The Kier molecular flexibility index (Phi) is 4.91. The molecular weight excluding hydrogens is 292 g/mol. The zero-order chi connectivity index (χ0) is 14.7. The number of benzene rings is 1. The third-order valence-electron chi connectivity index (χ3n) is 2.19. The van der Waals surface area contributed by atoms with Crippen molar-refractivity contribution >= 4 is 25.5 Å². The molecule has 0 heterocycles. The van der Waals surface area contributed by atoms with Crippen LogP contribution in [0.5, 0.6) is 0 Å². The van der Waals surface area contributed by atoms with Crippen LogP contribution in [0.3, 0.4) is 0 Å². The van der Waals surface area contributed by atoms with E-state index in [9.17, 15) is 21.9 Å². The van der Waals surface area contributed by atoms with Crippen LogP contribution in [0, 0.1) is 0 Å². The van der Waals surface area contributed by atoms with Gasteiger partial charge in [-0.25, -0.2) is 21.6 Å². The highest BCUT2D eigenvalue weighted by molar-refractivity contribution is 8.06. The van der Waals surface area contributed by atoms with E-state index in [4.69, 9.17) is 5.73 Å². The summed E-state index contributed by atoms with van der Waals surface area (Å²) in [7, 11) is -7.62. The topological polar surface area (TPSA) is 127 Å². The summed E-state index contributed by atoms with van der Waals surface area (Å²) in [4.78, 5) is 0. The van der Waals surface area contributed by atoms with Crippen molar-refractivity contribution in [1.29, 1.82) is 0 Å². The summed E-state index contributed by atoms with van der Waals surface area (Å²) in [6, 6.07) is 6.27. The molecule has 0 bridgehead atoms. The number of nitrogens with one attached hydrogen (secondary N) is 1. The third-order valence-corrected chi connectivity index (χ3v) is 5.75. The first-order chi connectivity index (χ1) is 8.59. The van der Waals surface area contributed by atoms with Crippen molar-refractivity contribution in [3.63, 3.8) is 0 Å². The molecule has 0 aliphatic heterocycles. The number of nitrogens with two attached hydrogens (primary N) is 1. The predicted molar refractivity (Wildman–Crippen MR) is 72.4 cm³/mol. The van der Waals surface area contributed by atoms with Gasteiger partial charge in [-0.2, -0.15) is 0 Å². The SMILES string of the molecule is CS(=O)(=O)CS(=O)(=O)NCC(O)c1ccc(N)cc1. The molecule has 19 heavy (non-hydrogen) atoms. The smallest absolute Gasteiger partial charge is 0.226 e. The van der Waals surface area contributed by atoms with Gasteiger partial charge in [0, 0.05) is 18.5 Å². The first-order valence-electron chi connectivity index (χ1n) is 5.28. The van der Waals surface area contributed by atoms with Gasteiger partial charge < -0.3 is 10.8 Å². The number of nitrogen functional groups attached to an aromatic ring is 1. The lowest BCUT2D eigenvalue weighted by atomic mass is 10.1. The molecule has 0 saturated carbocycles. The average molecular weight is 308 g/mol. The normalized spacial score (nSPS) is 14.2. The van der Waals surface area contributed by atoms with Gasteiger partial charge in [0.1, 0.15) is 0 Å². The van der Waals surface area contributed by atoms with Gasteiger partial charge >= 0.3 is 0 Å². The molecule has 0 aliphatic carbocycles. The van der Waals surface area contributed by atoms with Crippen LogP contribution < -0.4 is 10.5 Å². The molecule has 0 aliphatic rings. The zero-order valence-electron chi connectivity index (χ0n) is 10.3. The highest BCUT2D eigenvalue weighted by Gasteiger charge is 2.19. The zero-order valence-corrected chi connectivity index (χ0v) is 11.9. The number of hydrogen-bond acceptors (Lipinski definition) is 6. The van der Waals surface area contributed by atoms with Crippen LogP contribution in [-0.4, -0.2) is 39.8 Å². The Hall–Kier alpha value is -1.16. The predicted octanol–water partition coefficient (Wildman–Crippen LogP) is -0.776. The van der Waals surface area contributed by atoms with Crippen molar-refractivity contribution in [3.8, 4) is 0 Å². The van der Waals surface area contributed by atoms with Crippen LogP contribution in [0.15, 0.2) is 24.3 Å². The van der Waals surface area contributed by atoms with Gasteiger partial charge in [0.2, 0.25) is 10.0 Å². The lowest BCUT2D eigenvalue weighted by Gasteiger charge is -2.12. The molecule has 0 amide bonds. The molecule has 1 atom stereocenters. The molecule has 0 radical (unpaired) electrons. The second-order valence-electron chi connectivity index (χ2n) is 4.19. The van der Waals surface area contributed by atoms with Crippen molar-refractivity contribution in [2.24, 2.45) is 0 Å². The summed E-state index contributed by atoms with van der Waals surface area (Å²) in [5.74, 6) is 0. The number of anilines is 1. The monoisotopic (exact) mass is 308 g/mol. The van der Waals surface area contributed by atoms with Gasteiger partial charge in [-0.15, -0.1) is 0 Å². The molecule has 4 N–H and O–H groups in total. The van der Waals surface area contributed by atoms with Crippen LogP contribution in [0.25, 0.3) is 0 Å². The van der Waals surface area contributed by atoms with E-state index in [1.165, 1.54) is 0 Å². The lowest BCUT2D eigenvalue weighted by Crippen LogP contribution is -2.33.